The lowest BCUT2D eigenvalue weighted by Gasteiger charge is -2.27. The SMILES string of the molecule is O=C(COc1ccc2c(c1)C(=O)N(C1CCC(=O)NC1=O)C2=O)NCC1CC1C(=O)O. The second-order valence-corrected chi connectivity index (χ2v) is 7.69. The molecule has 1 aromatic carbocycles. The minimum atomic E-state index is -1.06. The minimum absolute atomic E-state index is 0.0291. The highest BCUT2D eigenvalue weighted by Gasteiger charge is 2.45. The van der Waals surface area contributed by atoms with Crippen LogP contribution in [0.5, 0.6) is 5.75 Å². The van der Waals surface area contributed by atoms with E-state index in [0.29, 0.717) is 6.42 Å². The Kier molecular flexibility index (Phi) is 5.17. The zero-order valence-electron chi connectivity index (χ0n) is 16.3. The number of piperidine rings is 1. The fourth-order valence-electron chi connectivity index (χ4n) is 3.76. The van der Waals surface area contributed by atoms with E-state index in [9.17, 15) is 28.8 Å². The van der Waals surface area contributed by atoms with Gasteiger partial charge in [0.1, 0.15) is 11.8 Å². The first-order valence-electron chi connectivity index (χ1n) is 9.74. The van der Waals surface area contributed by atoms with Crippen molar-refractivity contribution in [1.82, 2.24) is 15.5 Å². The largest absolute Gasteiger partial charge is 0.484 e. The van der Waals surface area contributed by atoms with Gasteiger partial charge < -0.3 is 15.2 Å². The molecule has 31 heavy (non-hydrogen) atoms. The Morgan fingerprint density at radius 1 is 1.16 bits per heavy atom. The van der Waals surface area contributed by atoms with E-state index in [4.69, 9.17) is 9.84 Å². The number of ether oxygens (including phenoxy) is 1. The van der Waals surface area contributed by atoms with E-state index in [1.165, 1.54) is 18.2 Å². The first-order valence-corrected chi connectivity index (χ1v) is 9.74. The Hall–Kier alpha value is -3.76. The highest BCUT2D eigenvalue weighted by molar-refractivity contribution is 6.23. The van der Waals surface area contributed by atoms with Crippen LogP contribution in [0.3, 0.4) is 0 Å². The molecule has 3 atom stereocenters. The van der Waals surface area contributed by atoms with Crippen molar-refractivity contribution in [2.75, 3.05) is 13.2 Å². The normalized spacial score (nSPS) is 24.5. The highest BCUT2D eigenvalue weighted by Crippen LogP contribution is 2.37. The van der Waals surface area contributed by atoms with Gasteiger partial charge in [-0.25, -0.2) is 0 Å². The molecule has 0 aromatic heterocycles. The number of imide groups is 2. The molecule has 3 N–H and O–H groups in total. The number of carboxylic acid groups (broad SMARTS) is 1. The van der Waals surface area contributed by atoms with E-state index in [1.807, 2.05) is 0 Å². The quantitative estimate of drug-likeness (QED) is 0.480. The number of hydrogen-bond donors (Lipinski definition) is 3. The van der Waals surface area contributed by atoms with E-state index in [2.05, 4.69) is 10.6 Å². The third-order valence-corrected chi connectivity index (χ3v) is 5.58. The molecule has 3 unspecified atom stereocenters. The second kappa shape index (κ2) is 7.82. The fourth-order valence-corrected chi connectivity index (χ4v) is 3.76. The molecule has 5 amide bonds. The van der Waals surface area contributed by atoms with Crippen LogP contribution in [0.2, 0.25) is 0 Å². The molecule has 3 aliphatic rings. The van der Waals surface area contributed by atoms with Crippen molar-refractivity contribution < 1.29 is 38.6 Å². The van der Waals surface area contributed by atoms with Crippen LogP contribution in [-0.4, -0.2) is 64.7 Å². The highest BCUT2D eigenvalue weighted by atomic mass is 16.5. The molecule has 2 fully saturated rings. The Bertz CT molecular complexity index is 1020. The summed E-state index contributed by atoms with van der Waals surface area (Å²) in [6, 6.07) is 3.09. The number of carbonyl (C=O) groups is 6. The monoisotopic (exact) mass is 429 g/mol. The number of aliphatic carboxylic acids is 1. The van der Waals surface area contributed by atoms with Crippen molar-refractivity contribution in [2.45, 2.75) is 25.3 Å². The van der Waals surface area contributed by atoms with Crippen LogP contribution in [0.25, 0.3) is 0 Å². The third-order valence-electron chi connectivity index (χ3n) is 5.58. The lowest BCUT2D eigenvalue weighted by atomic mass is 10.0. The molecular formula is C20H19N3O8. The number of carbonyl (C=O) groups excluding carboxylic acids is 5. The van der Waals surface area contributed by atoms with Crippen molar-refractivity contribution in [2.24, 2.45) is 11.8 Å². The maximum absolute atomic E-state index is 12.8. The Morgan fingerprint density at radius 2 is 1.90 bits per heavy atom. The topological polar surface area (TPSA) is 159 Å². The number of carboxylic acids is 1. The number of benzene rings is 1. The van der Waals surface area contributed by atoms with E-state index < -0.39 is 47.5 Å². The molecule has 1 aromatic rings. The van der Waals surface area contributed by atoms with Crippen LogP contribution < -0.4 is 15.4 Å². The summed E-state index contributed by atoms with van der Waals surface area (Å²) in [7, 11) is 0. The van der Waals surface area contributed by atoms with Crippen LogP contribution >= 0.6 is 0 Å². The minimum Gasteiger partial charge on any atom is -0.484 e. The zero-order chi connectivity index (χ0) is 22.3. The Morgan fingerprint density at radius 3 is 2.58 bits per heavy atom. The van der Waals surface area contributed by atoms with Gasteiger partial charge in [-0.3, -0.25) is 39.0 Å². The second-order valence-electron chi connectivity index (χ2n) is 7.69. The van der Waals surface area contributed by atoms with Crippen molar-refractivity contribution in [3.63, 3.8) is 0 Å². The van der Waals surface area contributed by atoms with Gasteiger partial charge in [-0.05, 0) is 37.0 Å². The maximum atomic E-state index is 12.8. The molecular weight excluding hydrogens is 410 g/mol. The zero-order valence-corrected chi connectivity index (χ0v) is 16.3. The average molecular weight is 429 g/mol. The lowest BCUT2D eigenvalue weighted by molar-refractivity contribution is -0.139. The summed E-state index contributed by atoms with van der Waals surface area (Å²) >= 11 is 0. The van der Waals surface area contributed by atoms with Gasteiger partial charge in [0.05, 0.1) is 17.0 Å². The molecule has 1 aliphatic carbocycles. The standard InChI is InChI=1S/C20H19N3O8/c24-15-4-3-14(17(26)22-15)23-18(27)11-2-1-10(6-13(11)19(23)28)31-8-16(25)21-7-9-5-12(9)20(29)30/h1-2,6,9,12,14H,3-5,7-8H2,(H,21,25)(H,29,30)(H,22,24,26). The lowest BCUT2D eigenvalue weighted by Crippen LogP contribution is -2.54. The summed E-state index contributed by atoms with van der Waals surface area (Å²) in [6.45, 7) is -0.0977. The molecule has 162 valence electrons. The molecule has 0 radical (unpaired) electrons. The van der Waals surface area contributed by atoms with Gasteiger partial charge in [0, 0.05) is 13.0 Å². The molecule has 2 aliphatic heterocycles. The van der Waals surface area contributed by atoms with Crippen molar-refractivity contribution in [3.05, 3.63) is 29.3 Å². The molecule has 0 bridgehead atoms. The Labute approximate surface area is 175 Å². The first-order chi connectivity index (χ1) is 14.8. The smallest absolute Gasteiger partial charge is 0.306 e. The number of fused-ring (bicyclic) bond motifs is 1. The van der Waals surface area contributed by atoms with Gasteiger partial charge in [0.25, 0.3) is 17.7 Å². The summed E-state index contributed by atoms with van der Waals surface area (Å²) < 4.78 is 5.39. The summed E-state index contributed by atoms with van der Waals surface area (Å²) in [5.41, 5.74) is 0.162. The van der Waals surface area contributed by atoms with Crippen LogP contribution in [0.4, 0.5) is 0 Å². The molecule has 0 spiro atoms. The van der Waals surface area contributed by atoms with Gasteiger partial charge in [-0.1, -0.05) is 0 Å². The number of nitrogens with one attached hydrogen (secondary N) is 2. The number of hydrogen-bond acceptors (Lipinski definition) is 7. The molecule has 2 heterocycles. The van der Waals surface area contributed by atoms with E-state index in [0.717, 1.165) is 4.90 Å². The number of nitrogens with zero attached hydrogens (tertiary/aromatic N) is 1. The van der Waals surface area contributed by atoms with Gasteiger partial charge >= 0.3 is 5.97 Å². The summed E-state index contributed by atoms with van der Waals surface area (Å²) in [4.78, 5) is 72.3. The van der Waals surface area contributed by atoms with Gasteiger partial charge in [-0.15, -0.1) is 0 Å². The maximum Gasteiger partial charge on any atom is 0.306 e. The predicted molar refractivity (Wildman–Crippen MR) is 101 cm³/mol. The predicted octanol–water partition coefficient (Wildman–Crippen LogP) is -0.696. The van der Waals surface area contributed by atoms with Crippen LogP contribution in [0.1, 0.15) is 40.0 Å². The average Bonchev–Trinajstić information content (AvgIpc) is 3.47. The fraction of sp³-hybridized carbons (Fsp3) is 0.400. The molecule has 1 saturated heterocycles. The van der Waals surface area contributed by atoms with Crippen molar-refractivity contribution >= 4 is 35.5 Å². The van der Waals surface area contributed by atoms with Gasteiger partial charge in [-0.2, -0.15) is 0 Å². The summed E-state index contributed by atoms with van der Waals surface area (Å²) in [5.74, 6) is -4.07. The van der Waals surface area contributed by atoms with Crippen LogP contribution in [-0.2, 0) is 19.2 Å². The third kappa shape index (κ3) is 3.98. The number of rotatable bonds is 7. The number of amides is 5. The van der Waals surface area contributed by atoms with Gasteiger partial charge in [0.15, 0.2) is 6.61 Å². The summed E-state index contributed by atoms with van der Waals surface area (Å²) in [5, 5.41) is 13.6. The molecule has 4 rings (SSSR count). The van der Waals surface area contributed by atoms with Crippen molar-refractivity contribution in [3.8, 4) is 5.75 Å². The molecule has 1 saturated carbocycles. The van der Waals surface area contributed by atoms with Crippen molar-refractivity contribution in [1.29, 1.82) is 0 Å². The van der Waals surface area contributed by atoms with E-state index in [-0.39, 0.29) is 48.8 Å². The van der Waals surface area contributed by atoms with E-state index in [1.54, 1.807) is 0 Å². The summed E-state index contributed by atoms with van der Waals surface area (Å²) in [6.07, 6.45) is 0.617. The van der Waals surface area contributed by atoms with E-state index >= 15 is 0 Å². The first kappa shape index (κ1) is 20.5. The van der Waals surface area contributed by atoms with Crippen LogP contribution in [0, 0.1) is 11.8 Å². The molecule has 11 heteroatoms. The molecule has 11 nitrogen and oxygen atoms in total. The van der Waals surface area contributed by atoms with Crippen LogP contribution in [0.15, 0.2) is 18.2 Å². The van der Waals surface area contributed by atoms with Gasteiger partial charge in [0.2, 0.25) is 11.8 Å². The Balaban J connectivity index is 1.36.